The molecule has 2 aliphatic rings. The molecule has 3 rings (SSSR count). The molecule has 0 bridgehead atoms. The van der Waals surface area contributed by atoms with E-state index in [0.717, 1.165) is 37.5 Å². The van der Waals surface area contributed by atoms with Crippen LogP contribution in [0.4, 0.5) is 5.82 Å². The zero-order chi connectivity index (χ0) is 13.4. The minimum atomic E-state index is 0.0517. The van der Waals surface area contributed by atoms with Crippen molar-refractivity contribution in [3.8, 4) is 0 Å². The van der Waals surface area contributed by atoms with Crippen molar-refractivity contribution in [1.82, 2.24) is 9.55 Å². The number of anilines is 1. The summed E-state index contributed by atoms with van der Waals surface area (Å²) in [5.74, 6) is 2.01. The van der Waals surface area contributed by atoms with E-state index < -0.39 is 0 Å². The van der Waals surface area contributed by atoms with Gasteiger partial charge in [0.25, 0.3) is 5.56 Å². The average molecular weight is 261 g/mol. The lowest BCUT2D eigenvalue weighted by atomic mass is 9.80. The average Bonchev–Trinajstić information content (AvgIpc) is 3.14. The summed E-state index contributed by atoms with van der Waals surface area (Å²) in [6.07, 6.45) is 9.40. The molecule has 0 saturated heterocycles. The van der Waals surface area contributed by atoms with Gasteiger partial charge in [0.05, 0.1) is 0 Å². The van der Waals surface area contributed by atoms with E-state index in [1.165, 1.54) is 6.42 Å². The number of aromatic nitrogens is 2. The van der Waals surface area contributed by atoms with Gasteiger partial charge in [-0.25, -0.2) is 4.98 Å². The molecule has 1 heterocycles. The minimum Gasteiger partial charge on any atom is -0.363 e. The molecule has 4 heteroatoms. The molecule has 0 aliphatic heterocycles. The number of hydrogen-bond acceptors (Lipinski definition) is 3. The van der Waals surface area contributed by atoms with E-state index in [0.29, 0.717) is 17.9 Å². The summed E-state index contributed by atoms with van der Waals surface area (Å²) in [4.78, 5) is 16.6. The van der Waals surface area contributed by atoms with Gasteiger partial charge in [-0.05, 0) is 43.9 Å². The molecule has 2 saturated carbocycles. The number of rotatable bonds is 3. The normalized spacial score (nSPS) is 31.2. The molecule has 19 heavy (non-hydrogen) atoms. The van der Waals surface area contributed by atoms with Crippen molar-refractivity contribution < 1.29 is 0 Å². The molecule has 0 amide bonds. The van der Waals surface area contributed by atoms with Crippen molar-refractivity contribution in [3.05, 3.63) is 22.7 Å². The third-order valence-electron chi connectivity index (χ3n) is 4.33. The van der Waals surface area contributed by atoms with Gasteiger partial charge in [0, 0.05) is 24.5 Å². The molecule has 0 radical (unpaired) electrons. The van der Waals surface area contributed by atoms with Crippen molar-refractivity contribution >= 4 is 5.82 Å². The maximum absolute atomic E-state index is 12.3. The monoisotopic (exact) mass is 261 g/mol. The Hall–Kier alpha value is -1.32. The maximum Gasteiger partial charge on any atom is 0.293 e. The first kappa shape index (κ1) is 12.7. The van der Waals surface area contributed by atoms with Crippen LogP contribution in [0.1, 0.15) is 52.0 Å². The highest BCUT2D eigenvalue weighted by Gasteiger charge is 2.27. The van der Waals surface area contributed by atoms with Crippen molar-refractivity contribution in [2.45, 2.75) is 58.0 Å². The van der Waals surface area contributed by atoms with Gasteiger partial charge in [-0.1, -0.05) is 13.8 Å². The molecular weight excluding hydrogens is 238 g/mol. The molecule has 104 valence electrons. The minimum absolute atomic E-state index is 0.0517. The lowest BCUT2D eigenvalue weighted by Gasteiger charge is -2.32. The molecule has 2 unspecified atom stereocenters. The molecule has 0 aromatic carbocycles. The first-order valence-electron chi connectivity index (χ1n) is 7.47. The zero-order valence-electron chi connectivity index (χ0n) is 11.8. The summed E-state index contributed by atoms with van der Waals surface area (Å²) < 4.78 is 1.84. The van der Waals surface area contributed by atoms with E-state index in [9.17, 15) is 4.79 Å². The van der Waals surface area contributed by atoms with Gasteiger partial charge in [0.15, 0.2) is 5.82 Å². The highest BCUT2D eigenvalue weighted by atomic mass is 16.1. The molecule has 2 atom stereocenters. The predicted molar refractivity (Wildman–Crippen MR) is 76.4 cm³/mol. The second-order valence-corrected chi connectivity index (χ2v) is 6.48. The van der Waals surface area contributed by atoms with Crippen LogP contribution in [0.15, 0.2) is 17.2 Å². The Bertz CT molecular complexity index is 496. The molecule has 1 aromatic heterocycles. The third kappa shape index (κ3) is 2.82. The van der Waals surface area contributed by atoms with Crippen molar-refractivity contribution in [3.63, 3.8) is 0 Å². The summed E-state index contributed by atoms with van der Waals surface area (Å²) in [6.45, 7) is 4.59. The highest BCUT2D eigenvalue weighted by Crippen LogP contribution is 2.33. The fourth-order valence-corrected chi connectivity index (χ4v) is 3.42. The topological polar surface area (TPSA) is 46.9 Å². The number of nitrogens with zero attached hydrogens (tertiary/aromatic N) is 2. The second kappa shape index (κ2) is 4.99. The molecule has 0 spiro atoms. The summed E-state index contributed by atoms with van der Waals surface area (Å²) in [6, 6.07) is 0.814. The zero-order valence-corrected chi connectivity index (χ0v) is 11.8. The van der Waals surface area contributed by atoms with E-state index >= 15 is 0 Å². The number of hydrogen-bond donors (Lipinski definition) is 1. The highest BCUT2D eigenvalue weighted by molar-refractivity contribution is 5.33. The van der Waals surface area contributed by atoms with Gasteiger partial charge in [0.1, 0.15) is 0 Å². The van der Waals surface area contributed by atoms with Crippen LogP contribution in [0.2, 0.25) is 0 Å². The smallest absolute Gasteiger partial charge is 0.293 e. The fraction of sp³-hybridized carbons (Fsp3) is 0.733. The van der Waals surface area contributed by atoms with Crippen LogP contribution in [-0.4, -0.2) is 15.6 Å². The molecule has 2 aliphatic carbocycles. The molecular formula is C15H23N3O. The van der Waals surface area contributed by atoms with Crippen LogP contribution in [0.3, 0.4) is 0 Å². The van der Waals surface area contributed by atoms with Crippen LogP contribution in [0.25, 0.3) is 0 Å². The van der Waals surface area contributed by atoms with E-state index in [-0.39, 0.29) is 5.56 Å². The Morgan fingerprint density at radius 2 is 1.89 bits per heavy atom. The van der Waals surface area contributed by atoms with Gasteiger partial charge in [0.2, 0.25) is 0 Å². The molecule has 2 fully saturated rings. The number of nitrogens with one attached hydrogen (secondary N) is 1. The van der Waals surface area contributed by atoms with Crippen LogP contribution in [-0.2, 0) is 0 Å². The largest absolute Gasteiger partial charge is 0.363 e. The first-order chi connectivity index (χ1) is 9.13. The van der Waals surface area contributed by atoms with Crippen molar-refractivity contribution in [2.24, 2.45) is 11.8 Å². The lowest BCUT2D eigenvalue weighted by Crippen LogP contribution is -2.34. The van der Waals surface area contributed by atoms with E-state index in [1.54, 1.807) is 6.20 Å². The standard InChI is InChI=1S/C15H23N3O/c1-10-7-11(2)9-12(8-10)17-14-15(19)18(6-5-16-14)13-3-4-13/h5-6,10-13H,3-4,7-9H2,1-2H3,(H,16,17). The Morgan fingerprint density at radius 1 is 1.21 bits per heavy atom. The summed E-state index contributed by atoms with van der Waals surface area (Å²) in [5, 5.41) is 3.39. The maximum atomic E-state index is 12.3. The lowest BCUT2D eigenvalue weighted by molar-refractivity contribution is 0.280. The Balaban J connectivity index is 1.76. The Labute approximate surface area is 114 Å². The van der Waals surface area contributed by atoms with E-state index in [1.807, 2.05) is 10.8 Å². The van der Waals surface area contributed by atoms with Gasteiger partial charge >= 0.3 is 0 Å². The van der Waals surface area contributed by atoms with Crippen LogP contribution in [0, 0.1) is 11.8 Å². The third-order valence-corrected chi connectivity index (χ3v) is 4.33. The molecule has 1 aromatic rings. The second-order valence-electron chi connectivity index (χ2n) is 6.48. The van der Waals surface area contributed by atoms with Crippen LogP contribution < -0.4 is 10.9 Å². The Kier molecular flexibility index (Phi) is 3.33. The summed E-state index contributed by atoms with van der Waals surface area (Å²) in [7, 11) is 0. The quantitative estimate of drug-likeness (QED) is 0.910. The van der Waals surface area contributed by atoms with Gasteiger partial charge in [-0.3, -0.25) is 4.79 Å². The Morgan fingerprint density at radius 3 is 2.53 bits per heavy atom. The van der Waals surface area contributed by atoms with Crippen LogP contribution >= 0.6 is 0 Å². The molecule has 1 N–H and O–H groups in total. The summed E-state index contributed by atoms with van der Waals surface area (Å²) >= 11 is 0. The van der Waals surface area contributed by atoms with E-state index in [4.69, 9.17) is 0 Å². The van der Waals surface area contributed by atoms with Gasteiger partial charge < -0.3 is 9.88 Å². The van der Waals surface area contributed by atoms with Crippen molar-refractivity contribution in [2.75, 3.05) is 5.32 Å². The first-order valence-corrected chi connectivity index (χ1v) is 7.47. The van der Waals surface area contributed by atoms with E-state index in [2.05, 4.69) is 24.1 Å². The fourth-order valence-electron chi connectivity index (χ4n) is 3.42. The predicted octanol–water partition coefficient (Wildman–Crippen LogP) is 2.81. The van der Waals surface area contributed by atoms with Gasteiger partial charge in [-0.2, -0.15) is 0 Å². The molecule has 4 nitrogen and oxygen atoms in total. The van der Waals surface area contributed by atoms with Crippen molar-refractivity contribution in [1.29, 1.82) is 0 Å². The summed E-state index contributed by atoms with van der Waals surface area (Å²) in [5.41, 5.74) is 0.0517. The van der Waals surface area contributed by atoms with Gasteiger partial charge in [-0.15, -0.1) is 0 Å². The SMILES string of the molecule is CC1CC(C)CC(Nc2nccn(C3CC3)c2=O)C1. The van der Waals surface area contributed by atoms with Crippen LogP contribution in [0.5, 0.6) is 0 Å².